The number of nitrogens with one attached hydrogen (secondary N) is 1. The number of imidazole rings is 1. The molecule has 1 aromatic heterocycles. The largest absolute Gasteiger partial charge is 0.378 e. The van der Waals surface area contributed by atoms with Crippen molar-refractivity contribution in [1.29, 1.82) is 0 Å². The van der Waals surface area contributed by atoms with Crippen LogP contribution >= 0.6 is 0 Å². The Balaban J connectivity index is 1.87. The Hall–Kier alpha value is -1.40. The third-order valence-corrected chi connectivity index (χ3v) is 4.38. The van der Waals surface area contributed by atoms with Gasteiger partial charge in [0.25, 0.3) is 0 Å². The zero-order valence-electron chi connectivity index (χ0n) is 12.9. The van der Waals surface area contributed by atoms with Gasteiger partial charge in [0.2, 0.25) is 5.91 Å². The van der Waals surface area contributed by atoms with Crippen LogP contribution in [0.3, 0.4) is 0 Å². The molecule has 116 valence electrons. The smallest absolute Gasteiger partial charge is 0.245 e. The highest BCUT2D eigenvalue weighted by Crippen LogP contribution is 2.23. The second-order valence-electron chi connectivity index (χ2n) is 5.69. The maximum absolute atomic E-state index is 12.8. The third kappa shape index (κ3) is 2.70. The van der Waals surface area contributed by atoms with Gasteiger partial charge in [-0.05, 0) is 6.92 Å². The minimum atomic E-state index is -0.174. The Morgan fingerprint density at radius 3 is 2.90 bits per heavy atom. The Morgan fingerprint density at radius 2 is 2.19 bits per heavy atom. The standard InChI is InChI=1S/C15H24N4O2/c1-3-14-17-12-10-16-5-4-13(12)19(14)11(2)15(20)18-6-8-21-9-7-18/h11,16H,3-10H2,1-2H3. The van der Waals surface area contributed by atoms with Crippen LogP contribution in [-0.2, 0) is 28.9 Å². The molecule has 1 unspecified atom stereocenters. The van der Waals surface area contributed by atoms with Gasteiger partial charge in [-0.2, -0.15) is 0 Å². The SMILES string of the molecule is CCc1nc2c(n1C(C)C(=O)N1CCOCC1)CCNC2. The minimum absolute atomic E-state index is 0.174. The maximum Gasteiger partial charge on any atom is 0.245 e. The van der Waals surface area contributed by atoms with Crippen LogP contribution in [0, 0.1) is 0 Å². The van der Waals surface area contributed by atoms with Crippen LogP contribution in [0.2, 0.25) is 0 Å². The summed E-state index contributed by atoms with van der Waals surface area (Å²) in [5, 5.41) is 3.35. The van der Waals surface area contributed by atoms with Crippen LogP contribution in [0.5, 0.6) is 0 Å². The number of hydrogen-bond donors (Lipinski definition) is 1. The molecule has 1 fully saturated rings. The van der Waals surface area contributed by atoms with Crippen molar-refractivity contribution in [3.05, 3.63) is 17.2 Å². The summed E-state index contributed by atoms with van der Waals surface area (Å²) in [4.78, 5) is 19.4. The Labute approximate surface area is 125 Å². The van der Waals surface area contributed by atoms with Crippen molar-refractivity contribution in [1.82, 2.24) is 19.8 Å². The topological polar surface area (TPSA) is 59.4 Å². The molecule has 0 radical (unpaired) electrons. The number of carbonyl (C=O) groups excluding carboxylic acids is 1. The number of amides is 1. The molecule has 1 aromatic rings. The van der Waals surface area contributed by atoms with E-state index in [1.807, 2.05) is 11.8 Å². The van der Waals surface area contributed by atoms with Crippen molar-refractivity contribution < 1.29 is 9.53 Å². The van der Waals surface area contributed by atoms with Crippen molar-refractivity contribution in [3.8, 4) is 0 Å². The van der Waals surface area contributed by atoms with Crippen molar-refractivity contribution in [3.63, 3.8) is 0 Å². The van der Waals surface area contributed by atoms with Gasteiger partial charge >= 0.3 is 0 Å². The minimum Gasteiger partial charge on any atom is -0.378 e. The predicted molar refractivity (Wildman–Crippen MR) is 79.1 cm³/mol. The number of rotatable bonds is 3. The van der Waals surface area contributed by atoms with Crippen molar-refractivity contribution in [2.24, 2.45) is 0 Å². The molecular weight excluding hydrogens is 268 g/mol. The van der Waals surface area contributed by atoms with Gasteiger partial charge in [0.15, 0.2) is 0 Å². The summed E-state index contributed by atoms with van der Waals surface area (Å²) in [6.45, 7) is 8.56. The summed E-state index contributed by atoms with van der Waals surface area (Å²) in [5.74, 6) is 1.21. The molecule has 3 heterocycles. The molecule has 0 saturated carbocycles. The maximum atomic E-state index is 12.8. The van der Waals surface area contributed by atoms with E-state index in [9.17, 15) is 4.79 Å². The van der Waals surface area contributed by atoms with E-state index in [0.717, 1.165) is 37.4 Å². The molecule has 21 heavy (non-hydrogen) atoms. The van der Waals surface area contributed by atoms with E-state index in [1.165, 1.54) is 5.69 Å². The molecule has 0 bridgehead atoms. The zero-order valence-corrected chi connectivity index (χ0v) is 12.9. The van der Waals surface area contributed by atoms with E-state index in [-0.39, 0.29) is 11.9 Å². The lowest BCUT2D eigenvalue weighted by Crippen LogP contribution is -2.44. The van der Waals surface area contributed by atoms with Crippen LogP contribution < -0.4 is 5.32 Å². The van der Waals surface area contributed by atoms with E-state index in [4.69, 9.17) is 9.72 Å². The lowest BCUT2D eigenvalue weighted by atomic mass is 10.1. The van der Waals surface area contributed by atoms with E-state index in [0.29, 0.717) is 26.3 Å². The second kappa shape index (κ2) is 6.15. The fourth-order valence-electron chi connectivity index (χ4n) is 3.25. The highest BCUT2D eigenvalue weighted by atomic mass is 16.5. The fraction of sp³-hybridized carbons (Fsp3) is 0.733. The first-order chi connectivity index (χ1) is 10.2. The first kappa shape index (κ1) is 14.5. The van der Waals surface area contributed by atoms with Crippen molar-refractivity contribution >= 4 is 5.91 Å². The molecular formula is C15H24N4O2. The number of fused-ring (bicyclic) bond motifs is 1. The number of morpholine rings is 1. The summed E-state index contributed by atoms with van der Waals surface area (Å²) in [6, 6.07) is -0.174. The highest BCUT2D eigenvalue weighted by molar-refractivity contribution is 5.80. The predicted octanol–water partition coefficient (Wildman–Crippen LogP) is 0.511. The zero-order chi connectivity index (χ0) is 14.8. The lowest BCUT2D eigenvalue weighted by molar-refractivity contribution is -0.138. The fourth-order valence-corrected chi connectivity index (χ4v) is 3.25. The van der Waals surface area contributed by atoms with E-state index in [1.54, 1.807) is 0 Å². The van der Waals surface area contributed by atoms with Crippen molar-refractivity contribution in [2.75, 3.05) is 32.8 Å². The quantitative estimate of drug-likeness (QED) is 0.882. The van der Waals surface area contributed by atoms with Gasteiger partial charge in [-0.1, -0.05) is 6.92 Å². The number of ether oxygens (including phenoxy) is 1. The number of aromatic nitrogens is 2. The molecule has 1 saturated heterocycles. The lowest BCUT2D eigenvalue weighted by Gasteiger charge is -2.31. The van der Waals surface area contributed by atoms with Crippen LogP contribution in [0.4, 0.5) is 0 Å². The Bertz CT molecular complexity index is 520. The number of carbonyl (C=O) groups is 1. The van der Waals surface area contributed by atoms with Gasteiger partial charge < -0.3 is 19.5 Å². The average molecular weight is 292 g/mol. The van der Waals surface area contributed by atoms with Gasteiger partial charge in [-0.3, -0.25) is 4.79 Å². The number of aryl methyl sites for hydroxylation is 1. The van der Waals surface area contributed by atoms with E-state index in [2.05, 4.69) is 16.8 Å². The Kier molecular flexibility index (Phi) is 4.26. The molecule has 1 N–H and O–H groups in total. The van der Waals surface area contributed by atoms with Crippen LogP contribution in [0.15, 0.2) is 0 Å². The normalized spacial score (nSPS) is 20.2. The summed E-state index contributed by atoms with van der Waals surface area (Å²) in [7, 11) is 0. The van der Waals surface area contributed by atoms with Gasteiger partial charge in [0, 0.05) is 44.7 Å². The molecule has 0 aromatic carbocycles. The summed E-state index contributed by atoms with van der Waals surface area (Å²) < 4.78 is 7.51. The molecule has 6 heteroatoms. The molecule has 1 atom stereocenters. The van der Waals surface area contributed by atoms with Gasteiger partial charge in [-0.15, -0.1) is 0 Å². The molecule has 6 nitrogen and oxygen atoms in total. The molecule has 2 aliphatic heterocycles. The highest BCUT2D eigenvalue weighted by Gasteiger charge is 2.29. The first-order valence-corrected chi connectivity index (χ1v) is 7.88. The van der Waals surface area contributed by atoms with Crippen LogP contribution in [-0.4, -0.2) is 53.2 Å². The van der Waals surface area contributed by atoms with E-state index >= 15 is 0 Å². The third-order valence-electron chi connectivity index (χ3n) is 4.38. The molecule has 0 aliphatic carbocycles. The van der Waals surface area contributed by atoms with Gasteiger partial charge in [0.05, 0.1) is 18.9 Å². The number of nitrogens with zero attached hydrogens (tertiary/aromatic N) is 3. The molecule has 3 rings (SSSR count). The van der Waals surface area contributed by atoms with Gasteiger partial charge in [-0.25, -0.2) is 4.98 Å². The monoisotopic (exact) mass is 292 g/mol. The Morgan fingerprint density at radius 1 is 1.43 bits per heavy atom. The molecule has 0 spiro atoms. The molecule has 1 amide bonds. The van der Waals surface area contributed by atoms with Crippen LogP contribution in [0.25, 0.3) is 0 Å². The number of hydrogen-bond acceptors (Lipinski definition) is 4. The summed E-state index contributed by atoms with van der Waals surface area (Å²) >= 11 is 0. The first-order valence-electron chi connectivity index (χ1n) is 7.88. The second-order valence-corrected chi connectivity index (χ2v) is 5.69. The summed E-state index contributed by atoms with van der Waals surface area (Å²) in [5.41, 5.74) is 2.35. The van der Waals surface area contributed by atoms with Crippen molar-refractivity contribution in [2.45, 2.75) is 39.3 Å². The van der Waals surface area contributed by atoms with Crippen LogP contribution in [0.1, 0.15) is 37.1 Å². The average Bonchev–Trinajstić information content (AvgIpc) is 2.92. The molecule has 2 aliphatic rings. The van der Waals surface area contributed by atoms with E-state index < -0.39 is 0 Å². The summed E-state index contributed by atoms with van der Waals surface area (Å²) in [6.07, 6.45) is 1.80. The van der Waals surface area contributed by atoms with Gasteiger partial charge in [0.1, 0.15) is 11.9 Å².